The molecule has 0 radical (unpaired) electrons. The number of carbonyl (C=O) groups is 1. The first-order chi connectivity index (χ1) is 7.08. The zero-order chi connectivity index (χ0) is 11.3. The molecule has 1 rings (SSSR count). The van der Waals surface area contributed by atoms with Crippen LogP contribution >= 0.6 is 23.1 Å². The van der Waals surface area contributed by atoms with Crippen molar-refractivity contribution in [1.29, 1.82) is 0 Å². The minimum Gasteiger partial charge on any atom is -0.369 e. The molecule has 1 aromatic heterocycles. The summed E-state index contributed by atoms with van der Waals surface area (Å²) in [6, 6.07) is 0. The third kappa shape index (κ3) is 4.98. The Morgan fingerprint density at radius 2 is 2.33 bits per heavy atom. The van der Waals surface area contributed by atoms with Crippen LogP contribution in [-0.2, 0) is 4.79 Å². The van der Waals surface area contributed by atoms with Crippen molar-refractivity contribution >= 4 is 34.1 Å². The molecule has 0 saturated carbocycles. The number of thioether (sulfide) groups is 1. The Bertz CT molecular complexity index is 326. The molecule has 0 unspecified atom stereocenters. The van der Waals surface area contributed by atoms with E-state index in [1.165, 1.54) is 23.1 Å². The molecule has 0 aliphatic rings. The number of hydrogen-bond donors (Lipinski definition) is 2. The Morgan fingerprint density at radius 1 is 1.60 bits per heavy atom. The van der Waals surface area contributed by atoms with Crippen molar-refractivity contribution in [2.24, 2.45) is 11.7 Å². The minimum atomic E-state index is -0.341. The highest BCUT2D eigenvalue weighted by atomic mass is 32.2. The lowest BCUT2D eigenvalue weighted by atomic mass is 10.2. The molecule has 0 atom stereocenters. The topological polar surface area (TPSA) is 80.9 Å². The van der Waals surface area contributed by atoms with Crippen LogP contribution in [0.1, 0.15) is 13.8 Å². The lowest BCUT2D eigenvalue weighted by molar-refractivity contribution is -0.115. The molecular weight excluding hydrogens is 232 g/mol. The van der Waals surface area contributed by atoms with Crippen LogP contribution in [0.2, 0.25) is 0 Å². The Hall–Kier alpha value is -0.820. The molecule has 1 aromatic rings. The summed E-state index contributed by atoms with van der Waals surface area (Å²) in [6.45, 7) is 5.11. The van der Waals surface area contributed by atoms with Crippen LogP contribution in [0.15, 0.2) is 4.34 Å². The largest absolute Gasteiger partial charge is 0.369 e. The monoisotopic (exact) mass is 246 g/mol. The fourth-order valence-corrected chi connectivity index (χ4v) is 2.26. The second-order valence-corrected chi connectivity index (χ2v) is 5.60. The van der Waals surface area contributed by atoms with Gasteiger partial charge in [-0.1, -0.05) is 36.9 Å². The highest BCUT2D eigenvalue weighted by molar-refractivity contribution is 8.01. The molecule has 84 valence electrons. The smallest absolute Gasteiger partial charge is 0.227 e. The summed E-state index contributed by atoms with van der Waals surface area (Å²) in [7, 11) is 0. The predicted molar refractivity (Wildman–Crippen MR) is 63.2 cm³/mol. The van der Waals surface area contributed by atoms with Gasteiger partial charge in [0, 0.05) is 6.54 Å². The fraction of sp³-hybridized carbons (Fsp3) is 0.625. The lowest BCUT2D eigenvalue weighted by Gasteiger charge is -2.03. The molecule has 0 aliphatic carbocycles. The van der Waals surface area contributed by atoms with Gasteiger partial charge in [-0.15, -0.1) is 10.2 Å². The third-order valence-electron chi connectivity index (χ3n) is 1.41. The molecule has 0 aliphatic heterocycles. The molecule has 1 heterocycles. The first kappa shape index (κ1) is 12.3. The molecule has 0 fully saturated rings. The predicted octanol–water partition coefficient (Wildman–Crippen LogP) is 1.18. The molecule has 0 saturated heterocycles. The lowest BCUT2D eigenvalue weighted by Crippen LogP contribution is -2.12. The third-order valence-corrected chi connectivity index (χ3v) is 3.44. The maximum absolute atomic E-state index is 10.5. The average Bonchev–Trinajstić information content (AvgIpc) is 2.59. The number of aromatic nitrogens is 2. The van der Waals surface area contributed by atoms with Crippen LogP contribution < -0.4 is 11.1 Å². The highest BCUT2D eigenvalue weighted by Crippen LogP contribution is 2.25. The average molecular weight is 246 g/mol. The van der Waals surface area contributed by atoms with E-state index in [-0.39, 0.29) is 11.7 Å². The van der Waals surface area contributed by atoms with Crippen molar-refractivity contribution in [2.45, 2.75) is 18.2 Å². The number of carbonyl (C=O) groups excluding carboxylic acids is 1. The number of hydrogen-bond acceptors (Lipinski definition) is 6. The van der Waals surface area contributed by atoms with E-state index < -0.39 is 0 Å². The fourth-order valence-electron chi connectivity index (χ4n) is 0.764. The van der Waals surface area contributed by atoms with E-state index in [2.05, 4.69) is 29.4 Å². The van der Waals surface area contributed by atoms with Crippen molar-refractivity contribution in [3.8, 4) is 0 Å². The van der Waals surface area contributed by atoms with Crippen LogP contribution in [-0.4, -0.2) is 28.4 Å². The van der Waals surface area contributed by atoms with Crippen LogP contribution in [0.25, 0.3) is 0 Å². The first-order valence-electron chi connectivity index (χ1n) is 4.56. The molecular formula is C8H14N4OS2. The Kier molecular flexibility index (Phi) is 4.83. The Labute approximate surface area is 96.8 Å². The summed E-state index contributed by atoms with van der Waals surface area (Å²) in [5.74, 6) is 0.473. The number of nitrogens with zero attached hydrogens (tertiary/aromatic N) is 2. The summed E-state index contributed by atoms with van der Waals surface area (Å²) in [6.07, 6.45) is 0. The van der Waals surface area contributed by atoms with Crippen LogP contribution in [0.5, 0.6) is 0 Å². The van der Waals surface area contributed by atoms with Gasteiger partial charge in [-0.2, -0.15) is 0 Å². The van der Waals surface area contributed by atoms with Crippen molar-refractivity contribution < 1.29 is 4.79 Å². The zero-order valence-electron chi connectivity index (χ0n) is 8.69. The standard InChI is InChI=1S/C8H14N4OS2/c1-5(2)3-10-7-11-12-8(15-7)14-4-6(9)13/h5H,3-4H2,1-2H3,(H2,9,13)(H,10,11). The van der Waals surface area contributed by atoms with Crippen LogP contribution in [0.4, 0.5) is 5.13 Å². The number of amides is 1. The Morgan fingerprint density at radius 3 is 2.93 bits per heavy atom. The molecule has 5 nitrogen and oxygen atoms in total. The van der Waals surface area contributed by atoms with Gasteiger partial charge in [0.05, 0.1) is 5.75 Å². The van der Waals surface area contributed by atoms with Gasteiger partial charge in [-0.3, -0.25) is 4.79 Å². The second-order valence-electron chi connectivity index (χ2n) is 3.40. The van der Waals surface area contributed by atoms with Gasteiger partial charge in [0.25, 0.3) is 0 Å². The van der Waals surface area contributed by atoms with Crippen LogP contribution in [0.3, 0.4) is 0 Å². The van der Waals surface area contributed by atoms with Gasteiger partial charge in [-0.25, -0.2) is 0 Å². The molecule has 15 heavy (non-hydrogen) atoms. The summed E-state index contributed by atoms with van der Waals surface area (Å²) in [4.78, 5) is 10.5. The van der Waals surface area contributed by atoms with Crippen molar-refractivity contribution in [1.82, 2.24) is 10.2 Å². The summed E-state index contributed by atoms with van der Waals surface area (Å²) >= 11 is 2.75. The summed E-state index contributed by atoms with van der Waals surface area (Å²) in [5, 5.41) is 11.8. The van der Waals surface area contributed by atoms with E-state index in [0.29, 0.717) is 5.92 Å². The van der Waals surface area contributed by atoms with Gasteiger partial charge in [0.2, 0.25) is 11.0 Å². The molecule has 0 bridgehead atoms. The van der Waals surface area contributed by atoms with Crippen molar-refractivity contribution in [3.05, 3.63) is 0 Å². The van der Waals surface area contributed by atoms with Gasteiger partial charge in [0.1, 0.15) is 0 Å². The van der Waals surface area contributed by atoms with Crippen molar-refractivity contribution in [2.75, 3.05) is 17.6 Å². The van der Waals surface area contributed by atoms with E-state index in [9.17, 15) is 4.79 Å². The summed E-state index contributed by atoms with van der Waals surface area (Å²) in [5.41, 5.74) is 5.03. The number of nitrogens with one attached hydrogen (secondary N) is 1. The maximum Gasteiger partial charge on any atom is 0.227 e. The van der Waals surface area contributed by atoms with Crippen molar-refractivity contribution in [3.63, 3.8) is 0 Å². The zero-order valence-corrected chi connectivity index (χ0v) is 10.3. The minimum absolute atomic E-state index is 0.249. The van der Waals surface area contributed by atoms with Gasteiger partial charge in [0.15, 0.2) is 4.34 Å². The molecule has 1 amide bonds. The number of primary amides is 1. The van der Waals surface area contributed by atoms with E-state index in [4.69, 9.17) is 5.73 Å². The van der Waals surface area contributed by atoms with E-state index in [1.807, 2.05) is 0 Å². The number of anilines is 1. The molecule has 7 heteroatoms. The molecule has 0 aromatic carbocycles. The maximum atomic E-state index is 10.5. The first-order valence-corrected chi connectivity index (χ1v) is 6.36. The van der Waals surface area contributed by atoms with E-state index in [1.54, 1.807) is 0 Å². The number of nitrogens with two attached hydrogens (primary N) is 1. The molecule has 0 spiro atoms. The number of rotatable bonds is 6. The van der Waals surface area contributed by atoms with Gasteiger partial charge < -0.3 is 11.1 Å². The van der Waals surface area contributed by atoms with Gasteiger partial charge in [-0.05, 0) is 5.92 Å². The SMILES string of the molecule is CC(C)CNc1nnc(SCC(N)=O)s1. The highest BCUT2D eigenvalue weighted by Gasteiger charge is 2.06. The quantitative estimate of drug-likeness (QED) is 0.737. The van der Waals surface area contributed by atoms with Crippen LogP contribution in [0, 0.1) is 5.92 Å². The molecule has 3 N–H and O–H groups in total. The van der Waals surface area contributed by atoms with Gasteiger partial charge >= 0.3 is 0 Å². The summed E-state index contributed by atoms with van der Waals surface area (Å²) < 4.78 is 0.764. The second kappa shape index (κ2) is 5.92. The normalized spacial score (nSPS) is 10.6. The van der Waals surface area contributed by atoms with E-state index in [0.717, 1.165) is 16.0 Å². The van der Waals surface area contributed by atoms with E-state index >= 15 is 0 Å². The Balaban J connectivity index is 2.38.